The maximum atomic E-state index is 13.9. The Balaban J connectivity index is 2.76. The zero-order chi connectivity index (χ0) is 14.5. The summed E-state index contributed by atoms with van der Waals surface area (Å²) in [6, 6.07) is 7.22. The van der Waals surface area contributed by atoms with Gasteiger partial charge in [0.25, 0.3) is 0 Å². The molecule has 108 valence electrons. The zero-order valence-corrected chi connectivity index (χ0v) is 13.0. The van der Waals surface area contributed by atoms with Crippen LogP contribution in [0.2, 0.25) is 0 Å². The Morgan fingerprint density at radius 1 is 1.21 bits per heavy atom. The quantitative estimate of drug-likeness (QED) is 0.768. The summed E-state index contributed by atoms with van der Waals surface area (Å²) in [5.41, 5.74) is 1.12. The molecule has 1 N–H and O–H groups in total. The van der Waals surface area contributed by atoms with E-state index in [4.69, 9.17) is 0 Å². The van der Waals surface area contributed by atoms with Crippen LogP contribution in [0.25, 0.3) is 0 Å². The third-order valence-corrected chi connectivity index (χ3v) is 3.33. The SMILES string of the molecule is CCNC(CC(C)CC(C)(C)C)c1ccccc1F. The summed E-state index contributed by atoms with van der Waals surface area (Å²) >= 11 is 0. The van der Waals surface area contributed by atoms with Crippen molar-refractivity contribution in [2.24, 2.45) is 11.3 Å². The molecular formula is C17H28FN. The van der Waals surface area contributed by atoms with Gasteiger partial charge in [-0.15, -0.1) is 0 Å². The smallest absolute Gasteiger partial charge is 0.127 e. The van der Waals surface area contributed by atoms with E-state index in [1.54, 1.807) is 12.1 Å². The Labute approximate surface area is 117 Å². The predicted octanol–water partition coefficient (Wildman–Crippen LogP) is 4.94. The second-order valence-electron chi connectivity index (χ2n) is 6.74. The van der Waals surface area contributed by atoms with Crippen molar-refractivity contribution in [3.63, 3.8) is 0 Å². The fourth-order valence-corrected chi connectivity index (χ4v) is 2.86. The van der Waals surface area contributed by atoms with Crippen LogP contribution >= 0.6 is 0 Å². The lowest BCUT2D eigenvalue weighted by Gasteiger charge is -2.27. The molecule has 0 spiro atoms. The normalized spacial score (nSPS) is 15.3. The summed E-state index contributed by atoms with van der Waals surface area (Å²) in [5, 5.41) is 3.42. The molecule has 0 saturated heterocycles. The lowest BCUT2D eigenvalue weighted by Crippen LogP contribution is -2.25. The molecule has 19 heavy (non-hydrogen) atoms. The van der Waals surface area contributed by atoms with E-state index in [1.807, 2.05) is 12.1 Å². The van der Waals surface area contributed by atoms with Crippen molar-refractivity contribution in [2.45, 2.75) is 53.5 Å². The molecule has 1 rings (SSSR count). The van der Waals surface area contributed by atoms with Crippen LogP contribution in [-0.2, 0) is 0 Å². The Bertz CT molecular complexity index is 381. The number of halogens is 1. The third kappa shape index (κ3) is 5.73. The highest BCUT2D eigenvalue weighted by Crippen LogP contribution is 2.31. The van der Waals surface area contributed by atoms with Crippen molar-refractivity contribution in [1.82, 2.24) is 5.32 Å². The van der Waals surface area contributed by atoms with Crippen LogP contribution in [0.1, 0.15) is 59.1 Å². The second kappa shape index (κ2) is 7.04. The van der Waals surface area contributed by atoms with Crippen molar-refractivity contribution in [3.8, 4) is 0 Å². The summed E-state index contributed by atoms with van der Waals surface area (Å²) in [6.07, 6.45) is 2.13. The first-order chi connectivity index (χ1) is 8.83. The van der Waals surface area contributed by atoms with Crippen LogP contribution in [0.4, 0.5) is 4.39 Å². The molecule has 0 saturated carbocycles. The monoisotopic (exact) mass is 265 g/mol. The molecule has 1 nitrogen and oxygen atoms in total. The van der Waals surface area contributed by atoms with Crippen LogP contribution in [0, 0.1) is 17.2 Å². The highest BCUT2D eigenvalue weighted by atomic mass is 19.1. The van der Waals surface area contributed by atoms with Crippen molar-refractivity contribution in [1.29, 1.82) is 0 Å². The fraction of sp³-hybridized carbons (Fsp3) is 0.647. The van der Waals surface area contributed by atoms with Gasteiger partial charge in [0.05, 0.1) is 0 Å². The lowest BCUT2D eigenvalue weighted by atomic mass is 9.82. The Morgan fingerprint density at radius 3 is 2.37 bits per heavy atom. The second-order valence-corrected chi connectivity index (χ2v) is 6.74. The molecule has 2 atom stereocenters. The van der Waals surface area contributed by atoms with Crippen LogP contribution in [0.5, 0.6) is 0 Å². The molecule has 0 aliphatic carbocycles. The average Bonchev–Trinajstić information content (AvgIpc) is 2.26. The van der Waals surface area contributed by atoms with Gasteiger partial charge in [0.15, 0.2) is 0 Å². The fourth-order valence-electron chi connectivity index (χ4n) is 2.86. The summed E-state index contributed by atoms with van der Waals surface area (Å²) in [5.74, 6) is 0.472. The summed E-state index contributed by atoms with van der Waals surface area (Å²) in [6.45, 7) is 12.0. The van der Waals surface area contributed by atoms with Crippen LogP contribution in [0.3, 0.4) is 0 Å². The van der Waals surface area contributed by atoms with Gasteiger partial charge >= 0.3 is 0 Å². The maximum Gasteiger partial charge on any atom is 0.127 e. The van der Waals surface area contributed by atoms with Gasteiger partial charge in [-0.1, -0.05) is 52.8 Å². The summed E-state index contributed by atoms with van der Waals surface area (Å²) in [4.78, 5) is 0. The summed E-state index contributed by atoms with van der Waals surface area (Å²) < 4.78 is 13.9. The third-order valence-electron chi connectivity index (χ3n) is 3.33. The molecule has 0 heterocycles. The molecule has 2 heteroatoms. The number of hydrogen-bond donors (Lipinski definition) is 1. The van der Waals surface area contributed by atoms with Gasteiger partial charge in [-0.2, -0.15) is 0 Å². The van der Waals surface area contributed by atoms with Gasteiger partial charge in [-0.3, -0.25) is 0 Å². The Kier molecular flexibility index (Phi) is 5.99. The molecular weight excluding hydrogens is 237 g/mol. The van der Waals surface area contributed by atoms with E-state index in [9.17, 15) is 4.39 Å². The molecule has 0 aliphatic heterocycles. The molecule has 0 bridgehead atoms. The Morgan fingerprint density at radius 2 is 1.84 bits per heavy atom. The number of nitrogens with one attached hydrogen (secondary N) is 1. The minimum absolute atomic E-state index is 0.101. The van der Waals surface area contributed by atoms with E-state index < -0.39 is 0 Å². The predicted molar refractivity (Wildman–Crippen MR) is 80.7 cm³/mol. The molecule has 0 aliphatic rings. The van der Waals surface area contributed by atoms with E-state index in [-0.39, 0.29) is 11.9 Å². The lowest BCUT2D eigenvalue weighted by molar-refractivity contribution is 0.275. The minimum atomic E-state index is -0.101. The number of rotatable bonds is 6. The highest BCUT2D eigenvalue weighted by molar-refractivity contribution is 5.21. The van der Waals surface area contributed by atoms with Gasteiger partial charge in [-0.05, 0) is 36.8 Å². The maximum absolute atomic E-state index is 13.9. The first-order valence-corrected chi connectivity index (χ1v) is 7.31. The van der Waals surface area contributed by atoms with Crippen LogP contribution in [-0.4, -0.2) is 6.54 Å². The van der Waals surface area contributed by atoms with Crippen molar-refractivity contribution in [2.75, 3.05) is 6.54 Å². The van der Waals surface area contributed by atoms with Gasteiger partial charge < -0.3 is 5.32 Å². The van der Waals surface area contributed by atoms with Gasteiger partial charge in [0.2, 0.25) is 0 Å². The van der Waals surface area contributed by atoms with Gasteiger partial charge in [-0.25, -0.2) is 4.39 Å². The standard InChI is InChI=1S/C17H28FN/c1-6-19-16(11-13(2)12-17(3,4)5)14-9-7-8-10-15(14)18/h7-10,13,16,19H,6,11-12H2,1-5H3. The van der Waals surface area contributed by atoms with Gasteiger partial charge in [0.1, 0.15) is 5.82 Å². The van der Waals surface area contributed by atoms with E-state index >= 15 is 0 Å². The van der Waals surface area contributed by atoms with Crippen molar-refractivity contribution in [3.05, 3.63) is 35.6 Å². The van der Waals surface area contributed by atoms with E-state index in [0.717, 1.165) is 24.9 Å². The summed E-state index contributed by atoms with van der Waals surface area (Å²) in [7, 11) is 0. The number of hydrogen-bond acceptors (Lipinski definition) is 1. The number of benzene rings is 1. The first kappa shape index (κ1) is 16.2. The van der Waals surface area contributed by atoms with Crippen LogP contribution in [0.15, 0.2) is 24.3 Å². The van der Waals surface area contributed by atoms with E-state index in [1.165, 1.54) is 0 Å². The average molecular weight is 265 g/mol. The largest absolute Gasteiger partial charge is 0.310 e. The molecule has 0 radical (unpaired) electrons. The van der Waals surface area contributed by atoms with E-state index in [0.29, 0.717) is 11.3 Å². The molecule has 0 amide bonds. The highest BCUT2D eigenvalue weighted by Gasteiger charge is 2.21. The zero-order valence-electron chi connectivity index (χ0n) is 13.0. The molecule has 1 aromatic carbocycles. The Hall–Kier alpha value is -0.890. The van der Waals surface area contributed by atoms with Crippen LogP contribution < -0.4 is 5.32 Å². The molecule has 0 aromatic heterocycles. The first-order valence-electron chi connectivity index (χ1n) is 7.31. The molecule has 0 fully saturated rings. The van der Waals surface area contributed by atoms with Gasteiger partial charge in [0, 0.05) is 11.6 Å². The van der Waals surface area contributed by atoms with E-state index in [2.05, 4.69) is 39.9 Å². The minimum Gasteiger partial charge on any atom is -0.310 e. The molecule has 1 aromatic rings. The van der Waals surface area contributed by atoms with Crippen molar-refractivity contribution >= 4 is 0 Å². The topological polar surface area (TPSA) is 12.0 Å². The molecule has 2 unspecified atom stereocenters. The van der Waals surface area contributed by atoms with Crippen molar-refractivity contribution < 1.29 is 4.39 Å².